The second-order valence-electron chi connectivity index (χ2n) is 5.91. The first-order valence-corrected chi connectivity index (χ1v) is 9.61. The molecule has 0 aliphatic rings. The molecule has 0 bridgehead atoms. The van der Waals surface area contributed by atoms with Crippen molar-refractivity contribution in [2.75, 3.05) is 11.9 Å². The van der Waals surface area contributed by atoms with Gasteiger partial charge in [-0.1, -0.05) is 47.7 Å². The molecular weight excluding hydrogens is 376 g/mol. The SMILES string of the molecule is CCOc1cccc(C(=O)Nc2nc(C)c(C(=O)OCc3ccccc3)s2)c1. The van der Waals surface area contributed by atoms with Crippen molar-refractivity contribution in [3.63, 3.8) is 0 Å². The summed E-state index contributed by atoms with van der Waals surface area (Å²) in [5.74, 6) is -0.159. The van der Waals surface area contributed by atoms with Crippen LogP contribution in [0.2, 0.25) is 0 Å². The van der Waals surface area contributed by atoms with Crippen LogP contribution in [0.15, 0.2) is 54.6 Å². The Labute approximate surface area is 167 Å². The summed E-state index contributed by atoms with van der Waals surface area (Å²) in [5.41, 5.74) is 1.87. The van der Waals surface area contributed by atoms with Crippen LogP contribution in [0.3, 0.4) is 0 Å². The molecule has 7 heteroatoms. The number of thiazole rings is 1. The van der Waals surface area contributed by atoms with Crippen molar-refractivity contribution >= 4 is 28.3 Å². The first kappa shape index (κ1) is 19.6. The number of nitrogens with one attached hydrogen (secondary N) is 1. The van der Waals surface area contributed by atoms with Crippen molar-refractivity contribution in [2.24, 2.45) is 0 Å². The largest absolute Gasteiger partial charge is 0.494 e. The molecule has 1 N–H and O–H groups in total. The number of ether oxygens (including phenoxy) is 2. The zero-order chi connectivity index (χ0) is 19.9. The fourth-order valence-corrected chi connectivity index (χ4v) is 3.35. The van der Waals surface area contributed by atoms with Crippen molar-refractivity contribution < 1.29 is 19.1 Å². The van der Waals surface area contributed by atoms with E-state index in [-0.39, 0.29) is 12.5 Å². The van der Waals surface area contributed by atoms with Gasteiger partial charge in [0.25, 0.3) is 5.91 Å². The summed E-state index contributed by atoms with van der Waals surface area (Å²) in [7, 11) is 0. The van der Waals surface area contributed by atoms with Crippen molar-refractivity contribution in [3.05, 3.63) is 76.3 Å². The molecule has 1 aromatic heterocycles. The highest BCUT2D eigenvalue weighted by molar-refractivity contribution is 7.17. The van der Waals surface area contributed by atoms with Crippen LogP contribution in [0, 0.1) is 6.92 Å². The van der Waals surface area contributed by atoms with Gasteiger partial charge in [-0.05, 0) is 37.6 Å². The maximum absolute atomic E-state index is 12.5. The highest BCUT2D eigenvalue weighted by Gasteiger charge is 2.18. The molecule has 144 valence electrons. The smallest absolute Gasteiger partial charge is 0.350 e. The molecule has 0 aliphatic carbocycles. The Kier molecular flexibility index (Phi) is 6.39. The average Bonchev–Trinajstić information content (AvgIpc) is 3.07. The highest BCUT2D eigenvalue weighted by atomic mass is 32.1. The number of benzene rings is 2. The number of hydrogen-bond acceptors (Lipinski definition) is 6. The Hall–Kier alpha value is -3.19. The number of nitrogens with zero attached hydrogens (tertiary/aromatic N) is 1. The van der Waals surface area contributed by atoms with Gasteiger partial charge in [0.05, 0.1) is 12.3 Å². The van der Waals surface area contributed by atoms with E-state index in [1.165, 1.54) is 0 Å². The van der Waals surface area contributed by atoms with Crippen LogP contribution in [0.25, 0.3) is 0 Å². The summed E-state index contributed by atoms with van der Waals surface area (Å²) in [6.45, 7) is 4.29. The lowest BCUT2D eigenvalue weighted by molar-refractivity contribution is 0.0477. The molecule has 0 atom stereocenters. The molecule has 0 aliphatic heterocycles. The lowest BCUT2D eigenvalue weighted by Gasteiger charge is -2.05. The monoisotopic (exact) mass is 396 g/mol. The second kappa shape index (κ2) is 9.14. The van der Waals surface area contributed by atoms with Gasteiger partial charge < -0.3 is 9.47 Å². The van der Waals surface area contributed by atoms with Gasteiger partial charge in [-0.2, -0.15) is 0 Å². The van der Waals surface area contributed by atoms with E-state index in [0.717, 1.165) is 16.9 Å². The average molecular weight is 396 g/mol. The minimum atomic E-state index is -0.460. The summed E-state index contributed by atoms with van der Waals surface area (Å²) in [4.78, 5) is 29.4. The van der Waals surface area contributed by atoms with Crippen molar-refractivity contribution in [1.29, 1.82) is 0 Å². The van der Waals surface area contributed by atoms with Crippen LogP contribution in [0.4, 0.5) is 5.13 Å². The molecule has 1 heterocycles. The van der Waals surface area contributed by atoms with Crippen LogP contribution >= 0.6 is 11.3 Å². The number of carbonyl (C=O) groups is 2. The topological polar surface area (TPSA) is 77.5 Å². The fraction of sp³-hybridized carbons (Fsp3) is 0.190. The highest BCUT2D eigenvalue weighted by Crippen LogP contribution is 2.25. The first-order chi connectivity index (χ1) is 13.6. The summed E-state index contributed by atoms with van der Waals surface area (Å²) in [6, 6.07) is 16.3. The predicted octanol–water partition coefficient (Wildman–Crippen LogP) is 4.46. The van der Waals surface area contributed by atoms with Crippen molar-refractivity contribution in [1.82, 2.24) is 4.98 Å². The Morgan fingerprint density at radius 1 is 1.11 bits per heavy atom. The third-order valence-corrected chi connectivity index (χ3v) is 4.88. The third kappa shape index (κ3) is 4.95. The summed E-state index contributed by atoms with van der Waals surface area (Å²) in [6.07, 6.45) is 0. The maximum atomic E-state index is 12.5. The molecule has 28 heavy (non-hydrogen) atoms. The molecule has 6 nitrogen and oxygen atoms in total. The molecule has 0 fully saturated rings. The Balaban J connectivity index is 1.65. The second-order valence-corrected chi connectivity index (χ2v) is 6.91. The van der Waals surface area contributed by atoms with Gasteiger partial charge in [-0.25, -0.2) is 9.78 Å². The lowest BCUT2D eigenvalue weighted by atomic mass is 10.2. The van der Waals surface area contributed by atoms with Gasteiger partial charge in [-0.3, -0.25) is 10.1 Å². The van der Waals surface area contributed by atoms with Gasteiger partial charge in [-0.15, -0.1) is 0 Å². The first-order valence-electron chi connectivity index (χ1n) is 8.79. The minimum absolute atomic E-state index is 0.183. The van der Waals surface area contributed by atoms with Crippen molar-refractivity contribution in [3.8, 4) is 5.75 Å². The van der Waals surface area contributed by atoms with E-state index in [2.05, 4.69) is 10.3 Å². The number of amides is 1. The van der Waals surface area contributed by atoms with E-state index in [1.54, 1.807) is 31.2 Å². The zero-order valence-corrected chi connectivity index (χ0v) is 16.4. The Morgan fingerprint density at radius 3 is 2.64 bits per heavy atom. The number of aromatic nitrogens is 1. The number of carbonyl (C=O) groups excluding carboxylic acids is 2. The molecule has 3 rings (SSSR count). The molecular formula is C21H20N2O4S. The van der Waals surface area contributed by atoms with E-state index in [4.69, 9.17) is 9.47 Å². The van der Waals surface area contributed by atoms with Crippen LogP contribution in [0.5, 0.6) is 5.75 Å². The normalized spacial score (nSPS) is 10.4. The van der Waals surface area contributed by atoms with Crippen molar-refractivity contribution in [2.45, 2.75) is 20.5 Å². The minimum Gasteiger partial charge on any atom is -0.494 e. The van der Waals surface area contributed by atoms with E-state index in [1.807, 2.05) is 37.3 Å². The molecule has 2 aromatic carbocycles. The van der Waals surface area contributed by atoms with Gasteiger partial charge >= 0.3 is 5.97 Å². The number of aryl methyl sites for hydroxylation is 1. The standard InChI is InChI=1S/C21H20N2O4S/c1-3-26-17-11-7-10-16(12-17)19(24)23-21-22-14(2)18(28-21)20(25)27-13-15-8-5-4-6-9-15/h4-12H,3,13H2,1-2H3,(H,22,23,24). The summed E-state index contributed by atoms with van der Waals surface area (Å²) in [5, 5.41) is 3.07. The van der Waals surface area contributed by atoms with E-state index < -0.39 is 5.97 Å². The van der Waals surface area contributed by atoms with Gasteiger partial charge in [0.1, 0.15) is 17.2 Å². The zero-order valence-electron chi connectivity index (χ0n) is 15.6. The summed E-state index contributed by atoms with van der Waals surface area (Å²) < 4.78 is 10.8. The van der Waals surface area contributed by atoms with Crippen LogP contribution < -0.4 is 10.1 Å². The van der Waals surface area contributed by atoms with E-state index >= 15 is 0 Å². The number of rotatable bonds is 7. The van der Waals surface area contributed by atoms with Crippen LogP contribution in [-0.4, -0.2) is 23.5 Å². The van der Waals surface area contributed by atoms with Crippen LogP contribution in [-0.2, 0) is 11.3 Å². The fourth-order valence-electron chi connectivity index (χ4n) is 2.49. The van der Waals surface area contributed by atoms with Crippen LogP contribution in [0.1, 0.15) is 38.2 Å². The number of hydrogen-bond donors (Lipinski definition) is 1. The van der Waals surface area contributed by atoms with Gasteiger partial charge in [0.2, 0.25) is 0 Å². The van der Waals surface area contributed by atoms with Gasteiger partial charge in [0, 0.05) is 5.56 Å². The Bertz CT molecular complexity index is 970. The third-order valence-electron chi connectivity index (χ3n) is 3.82. The maximum Gasteiger partial charge on any atom is 0.350 e. The molecule has 0 saturated carbocycles. The molecule has 0 spiro atoms. The Morgan fingerprint density at radius 2 is 1.89 bits per heavy atom. The van der Waals surface area contributed by atoms with E-state index in [0.29, 0.717) is 33.6 Å². The predicted molar refractivity (Wildman–Crippen MR) is 108 cm³/mol. The molecule has 1 amide bonds. The molecule has 0 unspecified atom stereocenters. The molecule has 0 radical (unpaired) electrons. The van der Waals surface area contributed by atoms with Gasteiger partial charge in [0.15, 0.2) is 5.13 Å². The summed E-state index contributed by atoms with van der Waals surface area (Å²) >= 11 is 1.09. The van der Waals surface area contributed by atoms with E-state index in [9.17, 15) is 9.59 Å². The molecule has 0 saturated heterocycles. The number of anilines is 1. The quantitative estimate of drug-likeness (QED) is 0.597. The number of esters is 1. The molecule has 3 aromatic rings. The lowest BCUT2D eigenvalue weighted by Crippen LogP contribution is -2.11.